The number of sulfonamides is 1. The van der Waals surface area contributed by atoms with Crippen molar-refractivity contribution in [1.82, 2.24) is 4.72 Å². The Balaban J connectivity index is 1.94. The zero-order valence-corrected chi connectivity index (χ0v) is 12.7. The van der Waals surface area contributed by atoms with E-state index in [1.54, 1.807) is 6.07 Å². The zero-order valence-electron chi connectivity index (χ0n) is 11.9. The monoisotopic (exact) mass is 339 g/mol. The van der Waals surface area contributed by atoms with E-state index in [1.165, 1.54) is 36.4 Å². The van der Waals surface area contributed by atoms with E-state index in [0.717, 1.165) is 6.07 Å². The van der Waals surface area contributed by atoms with Crippen LogP contribution in [0.25, 0.3) is 0 Å². The number of hydrogen-bond donors (Lipinski definition) is 2. The minimum atomic E-state index is -3.85. The Kier molecular flexibility index (Phi) is 5.30. The largest absolute Gasteiger partial charge is 0.492 e. The quantitative estimate of drug-likeness (QED) is 0.752. The smallest absolute Gasteiger partial charge is 0.335 e. The number of nitrogens with one attached hydrogen (secondary N) is 1. The van der Waals surface area contributed by atoms with Crippen molar-refractivity contribution in [3.63, 3.8) is 0 Å². The zero-order chi connectivity index (χ0) is 16.9. The number of halogens is 1. The van der Waals surface area contributed by atoms with Gasteiger partial charge < -0.3 is 9.84 Å². The fourth-order valence-corrected chi connectivity index (χ4v) is 2.84. The second kappa shape index (κ2) is 7.21. The molecule has 0 saturated carbocycles. The molecule has 0 amide bonds. The SMILES string of the molecule is O=C(O)c1cccc(S(=O)(=O)NCCOc2cccc(F)c2)c1. The van der Waals surface area contributed by atoms with Crippen molar-refractivity contribution in [3.8, 4) is 5.75 Å². The van der Waals surface area contributed by atoms with Crippen LogP contribution in [-0.4, -0.2) is 32.6 Å². The molecule has 0 radical (unpaired) electrons. The summed E-state index contributed by atoms with van der Waals surface area (Å²) in [6.07, 6.45) is 0. The third kappa shape index (κ3) is 4.76. The molecule has 0 spiro atoms. The van der Waals surface area contributed by atoms with Crippen molar-refractivity contribution < 1.29 is 27.4 Å². The lowest BCUT2D eigenvalue weighted by Crippen LogP contribution is -2.28. The molecule has 0 saturated heterocycles. The summed E-state index contributed by atoms with van der Waals surface area (Å²) in [6.45, 7) is -0.0442. The van der Waals surface area contributed by atoms with Crippen LogP contribution < -0.4 is 9.46 Å². The fraction of sp³-hybridized carbons (Fsp3) is 0.133. The number of hydrogen-bond acceptors (Lipinski definition) is 4. The molecule has 122 valence electrons. The Hall–Kier alpha value is -2.45. The molecule has 0 fully saturated rings. The van der Waals surface area contributed by atoms with Gasteiger partial charge in [0.25, 0.3) is 0 Å². The Morgan fingerprint density at radius 3 is 2.61 bits per heavy atom. The van der Waals surface area contributed by atoms with Crippen LogP contribution >= 0.6 is 0 Å². The van der Waals surface area contributed by atoms with E-state index in [4.69, 9.17) is 9.84 Å². The highest BCUT2D eigenvalue weighted by molar-refractivity contribution is 7.89. The van der Waals surface area contributed by atoms with Gasteiger partial charge >= 0.3 is 5.97 Å². The lowest BCUT2D eigenvalue weighted by Gasteiger charge is -2.09. The maximum absolute atomic E-state index is 13.0. The minimum Gasteiger partial charge on any atom is -0.492 e. The minimum absolute atomic E-state index is 0.00129. The summed E-state index contributed by atoms with van der Waals surface area (Å²) < 4.78 is 44.6. The summed E-state index contributed by atoms with van der Waals surface area (Å²) >= 11 is 0. The molecule has 0 aliphatic carbocycles. The normalized spacial score (nSPS) is 11.2. The molecule has 6 nitrogen and oxygen atoms in total. The average Bonchev–Trinajstić information content (AvgIpc) is 2.52. The number of carbonyl (C=O) groups is 1. The van der Waals surface area contributed by atoms with Crippen LogP contribution in [0.1, 0.15) is 10.4 Å². The number of benzene rings is 2. The van der Waals surface area contributed by atoms with Crippen LogP contribution in [0.5, 0.6) is 5.75 Å². The third-order valence-corrected chi connectivity index (χ3v) is 4.31. The van der Waals surface area contributed by atoms with E-state index in [-0.39, 0.29) is 29.4 Å². The highest BCUT2D eigenvalue weighted by atomic mass is 32.2. The maximum Gasteiger partial charge on any atom is 0.335 e. The molecule has 23 heavy (non-hydrogen) atoms. The van der Waals surface area contributed by atoms with Gasteiger partial charge in [0.15, 0.2) is 0 Å². The van der Waals surface area contributed by atoms with Gasteiger partial charge in [-0.3, -0.25) is 0 Å². The van der Waals surface area contributed by atoms with Crippen molar-refractivity contribution in [2.75, 3.05) is 13.2 Å². The van der Waals surface area contributed by atoms with Crippen LogP contribution in [0.15, 0.2) is 53.4 Å². The molecule has 0 aromatic heterocycles. The lowest BCUT2D eigenvalue weighted by atomic mass is 10.2. The maximum atomic E-state index is 13.0. The fourth-order valence-electron chi connectivity index (χ4n) is 1.78. The molecule has 0 aliphatic rings. The number of carboxylic acids is 1. The van der Waals surface area contributed by atoms with Gasteiger partial charge in [0, 0.05) is 12.6 Å². The number of carboxylic acid groups (broad SMARTS) is 1. The van der Waals surface area contributed by atoms with Gasteiger partial charge in [-0.15, -0.1) is 0 Å². The summed E-state index contributed by atoms with van der Waals surface area (Å²) in [5, 5.41) is 8.87. The summed E-state index contributed by atoms with van der Waals surface area (Å²) in [7, 11) is -3.85. The van der Waals surface area contributed by atoms with E-state index in [1.807, 2.05) is 0 Å². The van der Waals surface area contributed by atoms with Crippen LogP contribution in [-0.2, 0) is 10.0 Å². The van der Waals surface area contributed by atoms with Gasteiger partial charge in [-0.05, 0) is 30.3 Å². The highest BCUT2D eigenvalue weighted by Gasteiger charge is 2.15. The molecule has 2 aromatic carbocycles. The molecule has 0 unspecified atom stereocenters. The molecule has 2 N–H and O–H groups in total. The molecular formula is C15H14FNO5S. The standard InChI is InChI=1S/C15H14FNO5S/c16-12-4-2-5-13(10-12)22-8-7-17-23(20,21)14-6-1-3-11(9-14)15(18)19/h1-6,9-10,17H,7-8H2,(H,18,19). The summed E-state index contributed by atoms with van der Waals surface area (Å²) in [5.74, 6) is -1.37. The first-order chi connectivity index (χ1) is 10.9. The Morgan fingerprint density at radius 1 is 1.17 bits per heavy atom. The summed E-state index contributed by atoms with van der Waals surface area (Å²) in [4.78, 5) is 10.7. The third-order valence-electron chi connectivity index (χ3n) is 2.85. The predicted octanol–water partition coefficient (Wildman–Crippen LogP) is 1.88. The predicted molar refractivity (Wildman–Crippen MR) is 80.5 cm³/mol. The first-order valence-electron chi connectivity index (χ1n) is 6.60. The van der Waals surface area contributed by atoms with E-state index < -0.39 is 21.8 Å². The molecule has 0 aliphatic heterocycles. The second-order valence-electron chi connectivity index (χ2n) is 4.54. The highest BCUT2D eigenvalue weighted by Crippen LogP contribution is 2.13. The molecular weight excluding hydrogens is 325 g/mol. The Bertz CT molecular complexity index is 807. The first kappa shape index (κ1) is 16.9. The molecule has 0 heterocycles. The van der Waals surface area contributed by atoms with E-state index in [2.05, 4.69) is 4.72 Å². The molecule has 2 aromatic rings. The van der Waals surface area contributed by atoms with Gasteiger partial charge in [-0.25, -0.2) is 22.3 Å². The van der Waals surface area contributed by atoms with Gasteiger partial charge in [0.05, 0.1) is 10.5 Å². The van der Waals surface area contributed by atoms with Crippen LogP contribution in [0.4, 0.5) is 4.39 Å². The molecule has 0 atom stereocenters. The Morgan fingerprint density at radius 2 is 1.91 bits per heavy atom. The van der Waals surface area contributed by atoms with Crippen LogP contribution in [0.3, 0.4) is 0 Å². The lowest BCUT2D eigenvalue weighted by molar-refractivity contribution is 0.0696. The second-order valence-corrected chi connectivity index (χ2v) is 6.30. The number of ether oxygens (including phenoxy) is 1. The van der Waals surface area contributed by atoms with Crippen LogP contribution in [0, 0.1) is 5.82 Å². The van der Waals surface area contributed by atoms with Gasteiger partial charge in [-0.1, -0.05) is 12.1 Å². The van der Waals surface area contributed by atoms with Gasteiger partial charge in [0.2, 0.25) is 10.0 Å². The van der Waals surface area contributed by atoms with E-state index >= 15 is 0 Å². The van der Waals surface area contributed by atoms with E-state index in [9.17, 15) is 17.6 Å². The van der Waals surface area contributed by atoms with Crippen molar-refractivity contribution in [3.05, 3.63) is 59.9 Å². The molecule has 8 heteroatoms. The van der Waals surface area contributed by atoms with Gasteiger partial charge in [-0.2, -0.15) is 0 Å². The molecule has 2 rings (SSSR count). The van der Waals surface area contributed by atoms with Crippen molar-refractivity contribution in [1.29, 1.82) is 0 Å². The van der Waals surface area contributed by atoms with Crippen molar-refractivity contribution in [2.45, 2.75) is 4.90 Å². The first-order valence-corrected chi connectivity index (χ1v) is 8.08. The number of aromatic carboxylic acids is 1. The average molecular weight is 339 g/mol. The van der Waals surface area contributed by atoms with Crippen molar-refractivity contribution in [2.24, 2.45) is 0 Å². The van der Waals surface area contributed by atoms with Crippen LogP contribution in [0.2, 0.25) is 0 Å². The molecule has 0 bridgehead atoms. The number of rotatable bonds is 7. The summed E-state index contributed by atoms with van der Waals surface area (Å²) in [5.41, 5.74) is -0.121. The summed E-state index contributed by atoms with van der Waals surface area (Å²) in [6, 6.07) is 10.5. The topological polar surface area (TPSA) is 92.7 Å². The van der Waals surface area contributed by atoms with E-state index in [0.29, 0.717) is 0 Å². The Labute approximate surface area is 132 Å². The van der Waals surface area contributed by atoms with Gasteiger partial charge in [0.1, 0.15) is 18.2 Å². The van der Waals surface area contributed by atoms with Crippen molar-refractivity contribution >= 4 is 16.0 Å².